The van der Waals surface area contributed by atoms with Crippen LogP contribution in [0.4, 0.5) is 0 Å². The molecule has 76 valence electrons. The van der Waals surface area contributed by atoms with Crippen molar-refractivity contribution in [2.45, 2.75) is 38.2 Å². The standard InChI is InChI=1S/C11H21NO/c1-13-11-5-8-12-6-2-3-10(9-11)4-7-12/h10-11H,2-9H2,1H3. The topological polar surface area (TPSA) is 12.5 Å². The second-order valence-electron chi connectivity index (χ2n) is 4.52. The van der Waals surface area contributed by atoms with Gasteiger partial charge >= 0.3 is 0 Å². The van der Waals surface area contributed by atoms with E-state index < -0.39 is 0 Å². The maximum atomic E-state index is 5.51. The molecule has 0 aromatic carbocycles. The van der Waals surface area contributed by atoms with Crippen molar-refractivity contribution in [3.8, 4) is 0 Å². The van der Waals surface area contributed by atoms with Gasteiger partial charge in [-0.25, -0.2) is 0 Å². The molecule has 2 saturated heterocycles. The van der Waals surface area contributed by atoms with Gasteiger partial charge in [-0.05, 0) is 51.1 Å². The first-order valence-electron chi connectivity index (χ1n) is 5.63. The van der Waals surface area contributed by atoms with Crippen molar-refractivity contribution in [2.75, 3.05) is 26.7 Å². The third-order valence-corrected chi connectivity index (χ3v) is 3.64. The summed E-state index contributed by atoms with van der Waals surface area (Å²) in [6, 6.07) is 0. The smallest absolute Gasteiger partial charge is 0.0586 e. The van der Waals surface area contributed by atoms with Crippen LogP contribution in [0.5, 0.6) is 0 Å². The van der Waals surface area contributed by atoms with Crippen LogP contribution in [-0.2, 0) is 4.74 Å². The Bertz CT molecular complexity index is 160. The number of fused-ring (bicyclic) bond motifs is 3. The summed E-state index contributed by atoms with van der Waals surface area (Å²) in [6.07, 6.45) is 7.32. The third-order valence-electron chi connectivity index (χ3n) is 3.64. The van der Waals surface area contributed by atoms with Crippen molar-refractivity contribution in [3.63, 3.8) is 0 Å². The molecular weight excluding hydrogens is 162 g/mol. The highest BCUT2D eigenvalue weighted by Crippen LogP contribution is 2.26. The SMILES string of the molecule is COC1CCN2CCCC(CC2)C1. The second-order valence-corrected chi connectivity index (χ2v) is 4.52. The minimum Gasteiger partial charge on any atom is -0.381 e. The van der Waals surface area contributed by atoms with Gasteiger partial charge in [-0.15, -0.1) is 0 Å². The number of methoxy groups -OCH3 is 1. The van der Waals surface area contributed by atoms with Gasteiger partial charge in [0, 0.05) is 13.7 Å². The minimum absolute atomic E-state index is 0.533. The summed E-state index contributed by atoms with van der Waals surface area (Å²) in [6.45, 7) is 3.92. The van der Waals surface area contributed by atoms with E-state index in [0.717, 1.165) is 5.92 Å². The first kappa shape index (κ1) is 9.47. The van der Waals surface area contributed by atoms with Crippen LogP contribution in [0.1, 0.15) is 32.1 Å². The average molecular weight is 183 g/mol. The molecular formula is C11H21NO. The van der Waals surface area contributed by atoms with Crippen LogP contribution in [0.15, 0.2) is 0 Å². The molecule has 2 rings (SSSR count). The number of nitrogens with zero attached hydrogens (tertiary/aromatic N) is 1. The molecule has 2 bridgehead atoms. The maximum Gasteiger partial charge on any atom is 0.0586 e. The second kappa shape index (κ2) is 4.43. The number of ether oxygens (including phenoxy) is 1. The fourth-order valence-corrected chi connectivity index (χ4v) is 2.71. The van der Waals surface area contributed by atoms with Crippen LogP contribution in [-0.4, -0.2) is 37.7 Å². The van der Waals surface area contributed by atoms with Gasteiger partial charge in [0.1, 0.15) is 0 Å². The van der Waals surface area contributed by atoms with Crippen molar-refractivity contribution in [3.05, 3.63) is 0 Å². The van der Waals surface area contributed by atoms with Crippen LogP contribution in [0.25, 0.3) is 0 Å². The molecule has 2 nitrogen and oxygen atoms in total. The summed E-state index contributed by atoms with van der Waals surface area (Å²) >= 11 is 0. The molecule has 0 aliphatic carbocycles. The summed E-state index contributed by atoms with van der Waals surface area (Å²) in [5.74, 6) is 0.940. The Morgan fingerprint density at radius 3 is 2.77 bits per heavy atom. The van der Waals surface area contributed by atoms with E-state index in [1.54, 1.807) is 0 Å². The Balaban J connectivity index is 1.98. The van der Waals surface area contributed by atoms with Crippen molar-refractivity contribution < 1.29 is 4.74 Å². The molecule has 0 radical (unpaired) electrons. The molecule has 2 heterocycles. The van der Waals surface area contributed by atoms with Crippen molar-refractivity contribution in [1.82, 2.24) is 4.90 Å². The van der Waals surface area contributed by atoms with E-state index >= 15 is 0 Å². The van der Waals surface area contributed by atoms with Crippen molar-refractivity contribution in [1.29, 1.82) is 0 Å². The molecule has 2 fully saturated rings. The molecule has 2 heteroatoms. The van der Waals surface area contributed by atoms with E-state index in [4.69, 9.17) is 4.74 Å². The zero-order chi connectivity index (χ0) is 9.10. The third kappa shape index (κ3) is 2.44. The number of hydrogen-bond acceptors (Lipinski definition) is 2. The summed E-state index contributed by atoms with van der Waals surface area (Å²) in [4.78, 5) is 2.62. The predicted molar refractivity (Wildman–Crippen MR) is 53.8 cm³/mol. The Hall–Kier alpha value is -0.0800. The fourth-order valence-electron chi connectivity index (χ4n) is 2.71. The van der Waals surface area contributed by atoms with Gasteiger partial charge in [0.2, 0.25) is 0 Å². The first-order chi connectivity index (χ1) is 6.38. The highest BCUT2D eigenvalue weighted by Gasteiger charge is 2.24. The lowest BCUT2D eigenvalue weighted by atomic mass is 9.92. The molecule has 0 spiro atoms. The van der Waals surface area contributed by atoms with Crippen LogP contribution in [0, 0.1) is 5.92 Å². The highest BCUT2D eigenvalue weighted by atomic mass is 16.5. The lowest BCUT2D eigenvalue weighted by Gasteiger charge is -2.27. The number of hydrogen-bond donors (Lipinski definition) is 0. The summed E-state index contributed by atoms with van der Waals surface area (Å²) in [7, 11) is 1.87. The average Bonchev–Trinajstić information content (AvgIpc) is 2.28. The monoisotopic (exact) mass is 183 g/mol. The van der Waals surface area contributed by atoms with Gasteiger partial charge in [-0.1, -0.05) is 0 Å². The molecule has 2 aliphatic heterocycles. The minimum atomic E-state index is 0.533. The molecule has 13 heavy (non-hydrogen) atoms. The zero-order valence-electron chi connectivity index (χ0n) is 8.67. The van der Waals surface area contributed by atoms with Crippen molar-refractivity contribution >= 4 is 0 Å². The molecule has 2 aliphatic rings. The van der Waals surface area contributed by atoms with Gasteiger partial charge in [0.05, 0.1) is 6.10 Å². The molecule has 0 aromatic heterocycles. The molecule has 0 amide bonds. The molecule has 3 unspecified atom stereocenters. The van der Waals surface area contributed by atoms with E-state index in [2.05, 4.69) is 4.90 Å². The van der Waals surface area contributed by atoms with Crippen LogP contribution < -0.4 is 0 Å². The lowest BCUT2D eigenvalue weighted by molar-refractivity contribution is 0.0553. The van der Waals surface area contributed by atoms with Gasteiger partial charge in [0.15, 0.2) is 0 Å². The maximum absolute atomic E-state index is 5.51. The van der Waals surface area contributed by atoms with Gasteiger partial charge in [0.25, 0.3) is 0 Å². The van der Waals surface area contributed by atoms with E-state index in [9.17, 15) is 0 Å². The summed E-state index contributed by atoms with van der Waals surface area (Å²) in [5, 5.41) is 0. The predicted octanol–water partition coefficient (Wildman–Crippen LogP) is 1.90. The summed E-state index contributed by atoms with van der Waals surface area (Å²) in [5.41, 5.74) is 0. The first-order valence-corrected chi connectivity index (χ1v) is 5.63. The van der Waals surface area contributed by atoms with Crippen LogP contribution >= 0.6 is 0 Å². The Kier molecular flexibility index (Phi) is 3.23. The molecule has 0 N–H and O–H groups in total. The van der Waals surface area contributed by atoms with Crippen molar-refractivity contribution in [2.24, 2.45) is 5.92 Å². The quantitative estimate of drug-likeness (QED) is 0.615. The molecule has 3 atom stereocenters. The zero-order valence-corrected chi connectivity index (χ0v) is 8.67. The van der Waals surface area contributed by atoms with E-state index in [0.29, 0.717) is 6.10 Å². The Morgan fingerprint density at radius 1 is 1.08 bits per heavy atom. The normalized spacial score (nSPS) is 40.8. The summed E-state index contributed by atoms with van der Waals surface area (Å²) < 4.78 is 5.51. The van der Waals surface area contributed by atoms with Gasteiger partial charge in [-0.3, -0.25) is 0 Å². The fraction of sp³-hybridized carbons (Fsp3) is 1.00. The van der Waals surface area contributed by atoms with Crippen LogP contribution in [0.3, 0.4) is 0 Å². The van der Waals surface area contributed by atoms with E-state index in [1.807, 2.05) is 7.11 Å². The van der Waals surface area contributed by atoms with Crippen LogP contribution in [0.2, 0.25) is 0 Å². The largest absolute Gasteiger partial charge is 0.381 e. The van der Waals surface area contributed by atoms with Gasteiger partial charge in [-0.2, -0.15) is 0 Å². The molecule has 0 saturated carbocycles. The molecule has 0 aromatic rings. The van der Waals surface area contributed by atoms with E-state index in [-0.39, 0.29) is 0 Å². The highest BCUT2D eigenvalue weighted by molar-refractivity contribution is 4.77. The number of rotatable bonds is 1. The van der Waals surface area contributed by atoms with E-state index in [1.165, 1.54) is 51.7 Å². The Morgan fingerprint density at radius 2 is 1.92 bits per heavy atom. The Labute approximate surface area is 81.3 Å². The van der Waals surface area contributed by atoms with Gasteiger partial charge < -0.3 is 9.64 Å². The lowest BCUT2D eigenvalue weighted by Crippen LogP contribution is -2.31.